The molecule has 0 aromatic carbocycles. The molecule has 1 heterocycles. The Morgan fingerprint density at radius 3 is 2.44 bits per heavy atom. The first-order valence-corrected chi connectivity index (χ1v) is 5.84. The van der Waals surface area contributed by atoms with Crippen molar-refractivity contribution in [3.8, 4) is 0 Å². The van der Waals surface area contributed by atoms with Crippen LogP contribution in [0.4, 0.5) is 4.79 Å². The predicted molar refractivity (Wildman–Crippen MR) is 58.1 cm³/mol. The Kier molecular flexibility index (Phi) is 3.03. The number of likely N-dealkylation sites (tertiary alicyclic amines) is 1. The van der Waals surface area contributed by atoms with E-state index in [1.165, 1.54) is 6.42 Å². The molecule has 2 fully saturated rings. The fraction of sp³-hybridized carbons (Fsp3) is 0.818. The predicted octanol–water partition coefficient (Wildman–Crippen LogP) is 0.997. The summed E-state index contributed by atoms with van der Waals surface area (Å²) in [5.41, 5.74) is 0. The smallest absolute Gasteiger partial charge is 0.320 e. The second kappa shape index (κ2) is 4.31. The van der Waals surface area contributed by atoms with Crippen molar-refractivity contribution in [2.45, 2.75) is 31.7 Å². The lowest BCUT2D eigenvalue weighted by atomic mass is 9.92. The molecule has 0 bridgehead atoms. The molecule has 1 atom stereocenters. The summed E-state index contributed by atoms with van der Waals surface area (Å²) in [5, 5.41) is 8.87. The molecule has 1 aliphatic heterocycles. The first kappa shape index (κ1) is 11.2. The lowest BCUT2D eigenvalue weighted by molar-refractivity contribution is -0.141. The topological polar surface area (TPSA) is 60.9 Å². The lowest BCUT2D eigenvalue weighted by Gasteiger charge is -2.36. The second-order valence-electron chi connectivity index (χ2n) is 4.75. The molecule has 1 N–H and O–H groups in total. The van der Waals surface area contributed by atoms with Crippen molar-refractivity contribution < 1.29 is 14.7 Å². The lowest BCUT2D eigenvalue weighted by Crippen LogP contribution is -2.47. The summed E-state index contributed by atoms with van der Waals surface area (Å²) in [5.74, 6) is -1.17. The van der Waals surface area contributed by atoms with Crippen LogP contribution in [0.25, 0.3) is 0 Å². The molecule has 90 valence electrons. The van der Waals surface area contributed by atoms with Crippen LogP contribution in [-0.4, -0.2) is 53.1 Å². The van der Waals surface area contributed by atoms with Crippen molar-refractivity contribution >= 4 is 12.0 Å². The van der Waals surface area contributed by atoms with E-state index in [9.17, 15) is 9.59 Å². The SMILES string of the molecule is CN(C(=O)N1CCC(C(=O)O)C1)C1CCC1. The number of nitrogens with zero attached hydrogens (tertiary/aromatic N) is 2. The van der Waals surface area contributed by atoms with Crippen LogP contribution in [-0.2, 0) is 4.79 Å². The molecule has 0 spiro atoms. The molecule has 1 saturated heterocycles. The van der Waals surface area contributed by atoms with Crippen LogP contribution in [0, 0.1) is 5.92 Å². The minimum atomic E-state index is -0.790. The molecular weight excluding hydrogens is 208 g/mol. The van der Waals surface area contributed by atoms with Gasteiger partial charge in [0.2, 0.25) is 0 Å². The molecule has 2 rings (SSSR count). The van der Waals surface area contributed by atoms with Crippen LogP contribution in [0.5, 0.6) is 0 Å². The second-order valence-corrected chi connectivity index (χ2v) is 4.75. The Morgan fingerprint density at radius 2 is 2.00 bits per heavy atom. The van der Waals surface area contributed by atoms with Gasteiger partial charge < -0.3 is 14.9 Å². The van der Waals surface area contributed by atoms with Gasteiger partial charge in [-0.1, -0.05) is 0 Å². The van der Waals surface area contributed by atoms with Crippen molar-refractivity contribution in [1.82, 2.24) is 9.80 Å². The quantitative estimate of drug-likeness (QED) is 0.764. The average molecular weight is 226 g/mol. The van der Waals surface area contributed by atoms with Crippen molar-refractivity contribution in [3.63, 3.8) is 0 Å². The maximum Gasteiger partial charge on any atom is 0.320 e. The van der Waals surface area contributed by atoms with Gasteiger partial charge in [-0.3, -0.25) is 4.79 Å². The van der Waals surface area contributed by atoms with Crippen molar-refractivity contribution in [2.24, 2.45) is 5.92 Å². The summed E-state index contributed by atoms with van der Waals surface area (Å²) in [4.78, 5) is 26.2. The summed E-state index contributed by atoms with van der Waals surface area (Å²) in [6.45, 7) is 0.943. The van der Waals surface area contributed by atoms with Gasteiger partial charge in [0.25, 0.3) is 0 Å². The Hall–Kier alpha value is -1.26. The Labute approximate surface area is 95.0 Å². The van der Waals surface area contributed by atoms with Gasteiger partial charge in [0.15, 0.2) is 0 Å². The number of carboxylic acids is 1. The van der Waals surface area contributed by atoms with Crippen molar-refractivity contribution in [2.75, 3.05) is 20.1 Å². The maximum atomic E-state index is 12.0. The normalized spacial score (nSPS) is 25.3. The summed E-state index contributed by atoms with van der Waals surface area (Å²) in [6.07, 6.45) is 3.94. The summed E-state index contributed by atoms with van der Waals surface area (Å²) in [6, 6.07) is 0.366. The highest BCUT2D eigenvalue weighted by atomic mass is 16.4. The number of carboxylic acid groups (broad SMARTS) is 1. The maximum absolute atomic E-state index is 12.0. The van der Waals surface area contributed by atoms with E-state index in [-0.39, 0.29) is 11.9 Å². The monoisotopic (exact) mass is 226 g/mol. The minimum Gasteiger partial charge on any atom is -0.481 e. The Balaban J connectivity index is 1.88. The number of hydrogen-bond donors (Lipinski definition) is 1. The molecule has 1 saturated carbocycles. The van der Waals surface area contributed by atoms with E-state index in [1.54, 1.807) is 9.80 Å². The van der Waals surface area contributed by atoms with Gasteiger partial charge in [-0.25, -0.2) is 4.79 Å². The minimum absolute atomic E-state index is 0.00606. The van der Waals surface area contributed by atoms with E-state index in [1.807, 2.05) is 7.05 Å². The van der Waals surface area contributed by atoms with Gasteiger partial charge in [-0.15, -0.1) is 0 Å². The molecule has 0 radical (unpaired) electrons. The molecule has 2 aliphatic rings. The van der Waals surface area contributed by atoms with E-state index in [2.05, 4.69) is 0 Å². The molecule has 2 amide bonds. The third-order valence-corrected chi connectivity index (χ3v) is 3.73. The third kappa shape index (κ3) is 1.99. The van der Waals surface area contributed by atoms with Crippen LogP contribution >= 0.6 is 0 Å². The largest absolute Gasteiger partial charge is 0.481 e. The zero-order valence-corrected chi connectivity index (χ0v) is 9.56. The van der Waals surface area contributed by atoms with Crippen molar-refractivity contribution in [3.05, 3.63) is 0 Å². The Bertz CT molecular complexity index is 302. The van der Waals surface area contributed by atoms with Gasteiger partial charge in [0.05, 0.1) is 5.92 Å². The number of amides is 2. The Morgan fingerprint density at radius 1 is 1.31 bits per heavy atom. The number of aliphatic carboxylic acids is 1. The third-order valence-electron chi connectivity index (χ3n) is 3.73. The van der Waals surface area contributed by atoms with E-state index in [0.717, 1.165) is 12.8 Å². The standard InChI is InChI=1S/C11H18N2O3/c1-12(9-3-2-4-9)11(16)13-6-5-8(7-13)10(14)15/h8-9H,2-7H2,1H3,(H,14,15). The molecule has 16 heavy (non-hydrogen) atoms. The molecule has 0 aromatic rings. The number of hydrogen-bond acceptors (Lipinski definition) is 2. The van der Waals surface area contributed by atoms with Gasteiger partial charge in [-0.2, -0.15) is 0 Å². The molecular formula is C11H18N2O3. The van der Waals surface area contributed by atoms with E-state index in [0.29, 0.717) is 25.6 Å². The molecule has 5 heteroatoms. The van der Waals surface area contributed by atoms with Crippen molar-refractivity contribution in [1.29, 1.82) is 0 Å². The van der Waals surface area contributed by atoms with E-state index < -0.39 is 5.97 Å². The average Bonchev–Trinajstić information content (AvgIpc) is 2.62. The first-order chi connectivity index (χ1) is 7.59. The van der Waals surface area contributed by atoms with Crippen LogP contribution in [0.1, 0.15) is 25.7 Å². The first-order valence-electron chi connectivity index (χ1n) is 5.84. The van der Waals surface area contributed by atoms with Crippen LogP contribution in [0.3, 0.4) is 0 Å². The summed E-state index contributed by atoms with van der Waals surface area (Å²) >= 11 is 0. The van der Waals surface area contributed by atoms with Crippen LogP contribution in [0.2, 0.25) is 0 Å². The number of rotatable bonds is 2. The van der Waals surface area contributed by atoms with Gasteiger partial charge in [0, 0.05) is 26.2 Å². The fourth-order valence-corrected chi connectivity index (χ4v) is 2.29. The molecule has 1 aliphatic carbocycles. The van der Waals surface area contributed by atoms with Gasteiger partial charge >= 0.3 is 12.0 Å². The van der Waals surface area contributed by atoms with Crippen LogP contribution in [0.15, 0.2) is 0 Å². The zero-order chi connectivity index (χ0) is 11.7. The zero-order valence-electron chi connectivity index (χ0n) is 9.56. The number of urea groups is 1. The van der Waals surface area contributed by atoms with E-state index in [4.69, 9.17) is 5.11 Å². The van der Waals surface area contributed by atoms with Gasteiger partial charge in [0.1, 0.15) is 0 Å². The fourth-order valence-electron chi connectivity index (χ4n) is 2.29. The molecule has 0 aromatic heterocycles. The molecule has 5 nitrogen and oxygen atoms in total. The number of carbonyl (C=O) groups is 2. The van der Waals surface area contributed by atoms with Gasteiger partial charge in [-0.05, 0) is 25.7 Å². The molecule has 1 unspecified atom stereocenters. The summed E-state index contributed by atoms with van der Waals surface area (Å²) < 4.78 is 0. The number of carbonyl (C=O) groups excluding carboxylic acids is 1. The summed E-state index contributed by atoms with van der Waals surface area (Å²) in [7, 11) is 1.82. The van der Waals surface area contributed by atoms with Crippen LogP contribution < -0.4 is 0 Å². The highest BCUT2D eigenvalue weighted by Gasteiger charge is 2.34. The highest BCUT2D eigenvalue weighted by Crippen LogP contribution is 2.26. The van der Waals surface area contributed by atoms with E-state index >= 15 is 0 Å². The highest BCUT2D eigenvalue weighted by molar-refractivity contribution is 5.77.